The minimum Gasteiger partial charge on any atom is -0.316 e. The zero-order chi connectivity index (χ0) is 21.1. The Morgan fingerprint density at radius 2 is 1.97 bits per heavy atom. The smallest absolute Gasteiger partial charge is 0.316 e. The molecule has 1 saturated carbocycles. The molecular formula is C19H19ClF3N5O. The molecule has 1 fully saturated rings. The van der Waals surface area contributed by atoms with Crippen molar-refractivity contribution >= 4 is 22.6 Å². The summed E-state index contributed by atoms with van der Waals surface area (Å²) in [5.41, 5.74) is 5.65. The Hall–Kier alpha value is -2.39. The van der Waals surface area contributed by atoms with Gasteiger partial charge in [-0.2, -0.15) is 18.3 Å². The summed E-state index contributed by atoms with van der Waals surface area (Å²) in [5.74, 6) is 0. The first-order chi connectivity index (χ1) is 13.6. The molecule has 0 amide bonds. The number of aryl methyl sites for hydroxylation is 1. The summed E-state index contributed by atoms with van der Waals surface area (Å²) >= 11 is 5.92. The van der Waals surface area contributed by atoms with E-state index in [1.165, 1.54) is 23.1 Å². The number of rotatable bonds is 4. The average Bonchev–Trinajstić information content (AvgIpc) is 3.42. The second kappa shape index (κ2) is 6.56. The molecule has 6 nitrogen and oxygen atoms in total. The van der Waals surface area contributed by atoms with E-state index in [0.717, 1.165) is 18.9 Å². The van der Waals surface area contributed by atoms with Gasteiger partial charge in [-0.05, 0) is 37.0 Å². The van der Waals surface area contributed by atoms with Crippen LogP contribution in [-0.4, -0.2) is 19.3 Å². The average molecular weight is 426 g/mol. The number of nitrogens with zero attached hydrogens (tertiary/aromatic N) is 4. The highest BCUT2D eigenvalue weighted by molar-refractivity contribution is 6.31. The highest BCUT2D eigenvalue weighted by Crippen LogP contribution is 2.40. The lowest BCUT2D eigenvalue weighted by Crippen LogP contribution is -2.39. The minimum absolute atomic E-state index is 0.146. The van der Waals surface area contributed by atoms with E-state index < -0.39 is 22.3 Å². The van der Waals surface area contributed by atoms with Crippen molar-refractivity contribution in [1.29, 1.82) is 0 Å². The number of hydrogen-bond acceptors (Lipinski definition) is 4. The molecule has 0 unspecified atom stereocenters. The Morgan fingerprint density at radius 1 is 1.28 bits per heavy atom. The largest absolute Gasteiger partial charge is 0.417 e. The van der Waals surface area contributed by atoms with Crippen molar-refractivity contribution in [3.8, 4) is 0 Å². The van der Waals surface area contributed by atoms with Crippen molar-refractivity contribution in [2.75, 3.05) is 0 Å². The van der Waals surface area contributed by atoms with Crippen molar-refractivity contribution in [3.05, 3.63) is 56.7 Å². The quantitative estimate of drug-likeness (QED) is 0.690. The van der Waals surface area contributed by atoms with Gasteiger partial charge in [-0.15, -0.1) is 0 Å². The van der Waals surface area contributed by atoms with Crippen molar-refractivity contribution in [1.82, 2.24) is 19.3 Å². The molecule has 0 aliphatic heterocycles. The van der Waals surface area contributed by atoms with Crippen molar-refractivity contribution in [2.24, 2.45) is 12.8 Å². The third-order valence-corrected chi connectivity index (χ3v) is 5.79. The zero-order valence-corrected chi connectivity index (χ0v) is 16.6. The van der Waals surface area contributed by atoms with Crippen LogP contribution in [-0.2, 0) is 18.8 Å². The van der Waals surface area contributed by atoms with Crippen LogP contribution >= 0.6 is 11.6 Å². The maximum Gasteiger partial charge on any atom is 0.417 e. The Balaban J connectivity index is 1.90. The first kappa shape index (κ1) is 19.9. The lowest BCUT2D eigenvalue weighted by molar-refractivity contribution is -0.137. The Kier molecular flexibility index (Phi) is 4.51. The zero-order valence-electron chi connectivity index (χ0n) is 15.8. The van der Waals surface area contributed by atoms with Gasteiger partial charge >= 0.3 is 6.18 Å². The highest BCUT2D eigenvalue weighted by atomic mass is 35.5. The molecule has 0 bridgehead atoms. The molecule has 1 aromatic carbocycles. The molecule has 4 rings (SSSR count). The van der Waals surface area contributed by atoms with Gasteiger partial charge in [0.15, 0.2) is 5.52 Å². The number of benzene rings is 1. The predicted molar refractivity (Wildman–Crippen MR) is 103 cm³/mol. The molecule has 2 aromatic heterocycles. The predicted octanol–water partition coefficient (Wildman–Crippen LogP) is 3.75. The molecular weight excluding hydrogens is 407 g/mol. The van der Waals surface area contributed by atoms with E-state index in [1.54, 1.807) is 18.5 Å². The lowest BCUT2D eigenvalue weighted by Gasteiger charge is -2.29. The molecule has 3 aromatic rings. The van der Waals surface area contributed by atoms with E-state index in [4.69, 9.17) is 17.3 Å². The summed E-state index contributed by atoms with van der Waals surface area (Å²) in [6, 6.07) is 3.59. The molecule has 10 heteroatoms. The highest BCUT2D eigenvalue weighted by Gasteiger charge is 2.38. The van der Waals surface area contributed by atoms with Crippen LogP contribution < -0.4 is 11.3 Å². The van der Waals surface area contributed by atoms with Gasteiger partial charge in [0.05, 0.1) is 28.1 Å². The molecule has 1 aliphatic rings. The van der Waals surface area contributed by atoms with E-state index in [2.05, 4.69) is 10.1 Å². The van der Waals surface area contributed by atoms with E-state index in [1.807, 2.05) is 0 Å². The van der Waals surface area contributed by atoms with Crippen molar-refractivity contribution in [3.63, 3.8) is 0 Å². The number of halogens is 4. The molecule has 1 atom stereocenters. The van der Waals surface area contributed by atoms with E-state index in [-0.39, 0.29) is 17.1 Å². The minimum atomic E-state index is -4.56. The molecule has 0 saturated heterocycles. The van der Waals surface area contributed by atoms with Gasteiger partial charge in [0.2, 0.25) is 0 Å². The van der Waals surface area contributed by atoms with Gasteiger partial charge in [-0.1, -0.05) is 24.6 Å². The Bertz CT molecular complexity index is 1170. The van der Waals surface area contributed by atoms with Crippen molar-refractivity contribution < 1.29 is 13.2 Å². The van der Waals surface area contributed by atoms with Crippen molar-refractivity contribution in [2.45, 2.75) is 43.9 Å². The normalized spacial score (nSPS) is 16.9. The molecule has 29 heavy (non-hydrogen) atoms. The van der Waals surface area contributed by atoms with Crippen LogP contribution in [0.15, 0.2) is 29.3 Å². The fraction of sp³-hybridized carbons (Fsp3) is 0.421. The number of aromatic nitrogens is 4. The first-order valence-electron chi connectivity index (χ1n) is 9.18. The van der Waals surface area contributed by atoms with Gasteiger partial charge in [-0.3, -0.25) is 14.0 Å². The fourth-order valence-corrected chi connectivity index (χ4v) is 4.01. The number of hydrogen-bond donors (Lipinski definition) is 1. The summed E-state index contributed by atoms with van der Waals surface area (Å²) < 4.78 is 42.3. The molecule has 0 spiro atoms. The summed E-state index contributed by atoms with van der Waals surface area (Å²) in [5, 5.41) is 3.89. The molecule has 154 valence electrons. The third kappa shape index (κ3) is 3.12. The SMILES string of the molecule is CC[C@@](N)(c1ccc(C(F)(F)F)c(Cl)c1)c1c2ncn(C3CC3)c(=O)c2nn1C. The number of alkyl halides is 3. The van der Waals surface area contributed by atoms with Gasteiger partial charge in [0.25, 0.3) is 5.56 Å². The summed E-state index contributed by atoms with van der Waals surface area (Å²) in [7, 11) is 1.64. The number of nitrogens with two attached hydrogens (primary N) is 1. The summed E-state index contributed by atoms with van der Waals surface area (Å²) in [6.45, 7) is 1.80. The molecule has 0 radical (unpaired) electrons. The Morgan fingerprint density at radius 3 is 2.52 bits per heavy atom. The molecule has 2 heterocycles. The fourth-order valence-electron chi connectivity index (χ4n) is 3.72. The van der Waals surface area contributed by atoms with Crippen LogP contribution in [0.4, 0.5) is 13.2 Å². The van der Waals surface area contributed by atoms with E-state index in [9.17, 15) is 18.0 Å². The first-order valence-corrected chi connectivity index (χ1v) is 9.56. The van der Waals surface area contributed by atoms with Crippen LogP contribution in [0.1, 0.15) is 49.0 Å². The maximum atomic E-state index is 13.1. The van der Waals surface area contributed by atoms with E-state index >= 15 is 0 Å². The van der Waals surface area contributed by atoms with Gasteiger partial charge < -0.3 is 5.73 Å². The summed E-state index contributed by atoms with van der Waals surface area (Å²) in [6.07, 6.45) is -0.896. The van der Waals surface area contributed by atoms with Gasteiger partial charge in [-0.25, -0.2) is 4.98 Å². The van der Waals surface area contributed by atoms with Crippen LogP contribution in [0.2, 0.25) is 5.02 Å². The van der Waals surface area contributed by atoms with Crippen LogP contribution in [0.25, 0.3) is 11.0 Å². The van der Waals surface area contributed by atoms with Gasteiger partial charge in [0, 0.05) is 13.1 Å². The third-order valence-electron chi connectivity index (χ3n) is 5.48. The second-order valence-electron chi connectivity index (χ2n) is 7.37. The standard InChI is InChI=1S/C19H19ClF3N5O/c1-3-18(24,10-4-7-12(13(20)8-10)19(21,22)23)16-14-15(26-27(16)2)17(29)28(9-25-14)11-5-6-11/h4,7-9,11H,3,5-6,24H2,1-2H3/t18-/m1/s1. The monoisotopic (exact) mass is 425 g/mol. The molecule has 1 aliphatic carbocycles. The summed E-state index contributed by atoms with van der Waals surface area (Å²) in [4.78, 5) is 17.2. The Labute approximate surface area is 169 Å². The van der Waals surface area contributed by atoms with Gasteiger partial charge in [0.1, 0.15) is 5.52 Å². The topological polar surface area (TPSA) is 78.7 Å². The lowest BCUT2D eigenvalue weighted by atomic mass is 9.84. The maximum absolute atomic E-state index is 13.1. The molecule has 2 N–H and O–H groups in total. The van der Waals surface area contributed by atoms with E-state index in [0.29, 0.717) is 23.2 Å². The van der Waals surface area contributed by atoms with Crippen LogP contribution in [0, 0.1) is 0 Å². The number of fused-ring (bicyclic) bond motifs is 1. The second-order valence-corrected chi connectivity index (χ2v) is 7.78. The van der Waals surface area contributed by atoms with Crippen LogP contribution in [0.3, 0.4) is 0 Å². The van der Waals surface area contributed by atoms with Crippen LogP contribution in [0.5, 0.6) is 0 Å².